The van der Waals surface area contributed by atoms with Crippen LogP contribution in [0.1, 0.15) is 86.5 Å². The van der Waals surface area contributed by atoms with Gasteiger partial charge in [0, 0.05) is 69.3 Å². The van der Waals surface area contributed by atoms with Crippen LogP contribution >= 0.6 is 0 Å². The van der Waals surface area contributed by atoms with E-state index >= 15 is 0 Å². The molecular weight excluding hydrogens is 1090 g/mol. The van der Waals surface area contributed by atoms with E-state index in [2.05, 4.69) is 180 Å². The Balaban J connectivity index is 0.677. The largest absolute Gasteiger partial charge is 0.461 e. The molecule has 0 unspecified atom stereocenters. The van der Waals surface area contributed by atoms with E-state index in [-0.39, 0.29) is 36.4 Å². The van der Waals surface area contributed by atoms with Gasteiger partial charge in [0.1, 0.15) is 24.4 Å². The Morgan fingerprint density at radius 1 is 0.330 bits per heavy atom. The summed E-state index contributed by atoms with van der Waals surface area (Å²) in [5.41, 5.74) is 12.9. The predicted molar refractivity (Wildman–Crippen MR) is 354 cm³/mol. The third-order valence-electron chi connectivity index (χ3n) is 16.4. The van der Waals surface area contributed by atoms with Gasteiger partial charge in [0.2, 0.25) is 0 Å². The normalized spacial score (nSPS) is 11.3. The van der Waals surface area contributed by atoms with Crippen molar-refractivity contribution in [2.45, 2.75) is 90.3 Å². The van der Waals surface area contributed by atoms with Crippen molar-refractivity contribution in [3.63, 3.8) is 0 Å². The monoisotopic (exact) mass is 1160 g/mol. The molecule has 0 fully saturated rings. The predicted octanol–water partition coefficient (Wildman–Crippen LogP) is 19.3. The van der Waals surface area contributed by atoms with Crippen LogP contribution in [0, 0.1) is 0 Å². The first-order valence-corrected chi connectivity index (χ1v) is 30.6. The molecule has 12 rings (SSSR count). The second-order valence-corrected chi connectivity index (χ2v) is 22.5. The van der Waals surface area contributed by atoms with Crippen LogP contribution in [0.15, 0.2) is 261 Å². The van der Waals surface area contributed by atoms with Gasteiger partial charge in [-0.25, -0.2) is 9.59 Å². The highest BCUT2D eigenvalue weighted by Crippen LogP contribution is 2.42. The number of hydrogen-bond acceptors (Lipinski definition) is 10. The minimum absolute atomic E-state index is 0.198. The maximum absolute atomic E-state index is 12.9. The Bertz CT molecular complexity index is 4200. The number of ether oxygens (including phenoxy) is 2. The standard InChI is InChI=1S/C78H68N2O8/c81-75(25-7-3-1-5-15-55-27-33-63-39-49-77(83)87-73(63)51-55)85-53-57-29-41-65(42-30-57)79(71-23-13-19-61-17-9-11-21-69(61)71)67-45-35-59(36-46-67)60-37-47-68(48-38-60)80(72-24-14-20-62-18-10-12-22-70(62)72)66-43-31-58(32-44-66)54-86-76(82)26-8-4-2-6-16-56-28-34-64-40-50-78(84)88-74(64)52-56/h9-14,17-24,27-52H,1-8,15-16,25-26,53-54H2. The van der Waals surface area contributed by atoms with E-state index in [0.717, 1.165) is 164 Å². The molecule has 0 aliphatic rings. The molecule has 0 atom stereocenters. The van der Waals surface area contributed by atoms with Crippen LogP contribution in [0.2, 0.25) is 0 Å². The van der Waals surface area contributed by atoms with Crippen LogP contribution in [0.4, 0.5) is 34.1 Å². The summed E-state index contributed by atoms with van der Waals surface area (Å²) in [5, 5.41) is 6.37. The first kappa shape index (κ1) is 58.1. The zero-order valence-corrected chi connectivity index (χ0v) is 49.2. The molecule has 10 nitrogen and oxygen atoms in total. The van der Waals surface area contributed by atoms with E-state index in [4.69, 9.17) is 18.3 Å². The molecule has 0 amide bonds. The van der Waals surface area contributed by atoms with Gasteiger partial charge in [-0.15, -0.1) is 0 Å². The molecule has 12 aromatic rings. The maximum Gasteiger partial charge on any atom is 0.336 e. The molecule has 0 saturated carbocycles. The number of anilines is 6. The number of nitrogens with zero attached hydrogens (tertiary/aromatic N) is 2. The number of benzene rings is 10. The summed E-state index contributed by atoms with van der Waals surface area (Å²) in [7, 11) is 0. The van der Waals surface area contributed by atoms with E-state index in [9.17, 15) is 19.2 Å². The summed E-state index contributed by atoms with van der Waals surface area (Å²) in [6.45, 7) is 0.404. The lowest BCUT2D eigenvalue weighted by molar-refractivity contribution is -0.146. The lowest BCUT2D eigenvalue weighted by Gasteiger charge is -2.28. The van der Waals surface area contributed by atoms with Gasteiger partial charge in [-0.3, -0.25) is 9.59 Å². The van der Waals surface area contributed by atoms with Crippen molar-refractivity contribution in [2.75, 3.05) is 9.80 Å². The van der Waals surface area contributed by atoms with E-state index in [1.807, 2.05) is 48.5 Å². The molecule has 0 radical (unpaired) electrons. The van der Waals surface area contributed by atoms with Crippen LogP contribution in [0.5, 0.6) is 0 Å². The van der Waals surface area contributed by atoms with Crippen LogP contribution in [0.3, 0.4) is 0 Å². The van der Waals surface area contributed by atoms with Crippen molar-refractivity contribution in [1.29, 1.82) is 0 Å². The van der Waals surface area contributed by atoms with Crippen molar-refractivity contribution in [3.8, 4) is 11.1 Å². The van der Waals surface area contributed by atoms with Crippen LogP contribution in [-0.4, -0.2) is 11.9 Å². The third kappa shape index (κ3) is 14.3. The number of rotatable bonds is 25. The fourth-order valence-electron chi connectivity index (χ4n) is 11.6. The van der Waals surface area contributed by atoms with Crippen molar-refractivity contribution in [1.82, 2.24) is 0 Å². The molecule has 438 valence electrons. The smallest absolute Gasteiger partial charge is 0.336 e. The Labute approximate surface area is 511 Å². The lowest BCUT2D eigenvalue weighted by Crippen LogP contribution is -2.11. The highest BCUT2D eigenvalue weighted by atomic mass is 16.5. The van der Waals surface area contributed by atoms with Crippen molar-refractivity contribution >= 4 is 89.5 Å². The average Bonchev–Trinajstić information content (AvgIpc) is 2.00. The zero-order valence-electron chi connectivity index (χ0n) is 49.2. The molecule has 10 heteroatoms. The molecule has 0 spiro atoms. The van der Waals surface area contributed by atoms with Crippen molar-refractivity contribution in [2.24, 2.45) is 0 Å². The average molecular weight is 1160 g/mol. The topological polar surface area (TPSA) is 120 Å². The fourth-order valence-corrected chi connectivity index (χ4v) is 11.6. The number of aryl methyl sites for hydroxylation is 2. The molecule has 2 heterocycles. The van der Waals surface area contributed by atoms with Gasteiger partial charge in [0.25, 0.3) is 0 Å². The maximum atomic E-state index is 12.9. The minimum Gasteiger partial charge on any atom is -0.461 e. The zero-order chi connectivity index (χ0) is 60.0. The van der Waals surface area contributed by atoms with Crippen molar-refractivity contribution < 1.29 is 27.9 Å². The highest BCUT2D eigenvalue weighted by Gasteiger charge is 2.19. The molecular formula is C78H68N2O8. The third-order valence-corrected chi connectivity index (χ3v) is 16.4. The second-order valence-electron chi connectivity index (χ2n) is 22.5. The first-order valence-electron chi connectivity index (χ1n) is 30.6. The molecule has 0 aliphatic heterocycles. The molecule has 88 heavy (non-hydrogen) atoms. The summed E-state index contributed by atoms with van der Waals surface area (Å²) in [6, 6.07) is 82.0. The van der Waals surface area contributed by atoms with Gasteiger partial charge in [-0.2, -0.15) is 0 Å². The highest BCUT2D eigenvalue weighted by molar-refractivity contribution is 6.00. The van der Waals surface area contributed by atoms with Crippen LogP contribution < -0.4 is 21.1 Å². The van der Waals surface area contributed by atoms with Gasteiger partial charge in [-0.05, 0) is 168 Å². The van der Waals surface area contributed by atoms with Gasteiger partial charge in [0.15, 0.2) is 0 Å². The second kappa shape index (κ2) is 27.8. The Morgan fingerprint density at radius 2 is 0.682 bits per heavy atom. The molecule has 10 aromatic carbocycles. The number of unbranched alkanes of at least 4 members (excludes halogenated alkanes) is 6. The van der Waals surface area contributed by atoms with Gasteiger partial charge < -0.3 is 28.1 Å². The minimum atomic E-state index is -0.343. The van der Waals surface area contributed by atoms with E-state index in [0.29, 0.717) is 24.0 Å². The number of carbonyl (C=O) groups is 2. The number of esters is 2. The molecule has 0 bridgehead atoms. The first-order chi connectivity index (χ1) is 43.2. The van der Waals surface area contributed by atoms with E-state index in [1.54, 1.807) is 12.1 Å². The van der Waals surface area contributed by atoms with Crippen LogP contribution in [-0.2, 0) is 45.1 Å². The number of hydrogen-bond donors (Lipinski definition) is 0. The molecule has 0 aliphatic carbocycles. The molecule has 0 N–H and O–H groups in total. The van der Waals surface area contributed by atoms with Crippen molar-refractivity contribution in [3.05, 3.63) is 286 Å². The number of fused-ring (bicyclic) bond motifs is 4. The summed E-state index contributed by atoms with van der Waals surface area (Å²) in [4.78, 5) is 53.6. The summed E-state index contributed by atoms with van der Waals surface area (Å²) in [5.74, 6) is -0.396. The number of carbonyl (C=O) groups excluding carboxylic acids is 2. The molecule has 2 aromatic heterocycles. The van der Waals surface area contributed by atoms with E-state index < -0.39 is 0 Å². The van der Waals surface area contributed by atoms with Gasteiger partial charge in [0.05, 0.1) is 11.4 Å². The Kier molecular flexibility index (Phi) is 18.4. The summed E-state index contributed by atoms with van der Waals surface area (Å²) >= 11 is 0. The Hall–Kier alpha value is -10.3. The summed E-state index contributed by atoms with van der Waals surface area (Å²) in [6.07, 6.45) is 9.87. The fraction of sp³-hybridized carbons (Fsp3) is 0.179. The quantitative estimate of drug-likeness (QED) is 0.0311. The van der Waals surface area contributed by atoms with Gasteiger partial charge >= 0.3 is 23.2 Å². The van der Waals surface area contributed by atoms with Crippen LogP contribution in [0.25, 0.3) is 54.6 Å². The Morgan fingerprint density at radius 3 is 1.10 bits per heavy atom. The summed E-state index contributed by atoms with van der Waals surface area (Å²) < 4.78 is 22.2. The molecule has 0 saturated heterocycles. The lowest BCUT2D eigenvalue weighted by atomic mass is 10.0. The SMILES string of the molecule is O=C(CCCCCCc1ccc2ccc(=O)oc2c1)OCc1ccc(N(c2ccc(-c3ccc(N(c4ccc(COC(=O)CCCCCCc5ccc6ccc(=O)oc6c5)cc4)c4cccc5ccccc45)cc3)cc2)c2cccc3ccccc23)cc1. The van der Waals surface area contributed by atoms with E-state index in [1.165, 1.54) is 12.1 Å². The van der Waals surface area contributed by atoms with Gasteiger partial charge in [-0.1, -0.05) is 171 Å².